The smallest absolute Gasteiger partial charge is 0.306 e. The topological polar surface area (TPSA) is 52.6 Å². The molecule has 0 aliphatic rings. The highest BCUT2D eigenvalue weighted by Crippen LogP contribution is 2.10. The molecular weight excluding hydrogens is 236 g/mol. The lowest BCUT2D eigenvalue weighted by Gasteiger charge is -2.15. The molecule has 0 aliphatic heterocycles. The third-order valence-electron chi connectivity index (χ3n) is 2.17. The van der Waals surface area contributed by atoms with Crippen molar-refractivity contribution >= 4 is 23.1 Å². The first-order valence-electron chi connectivity index (χ1n) is 5.09. The number of urea groups is 1. The Kier molecular flexibility index (Phi) is 3.74. The molecule has 1 heterocycles. The van der Waals surface area contributed by atoms with Crippen molar-refractivity contribution in [2.45, 2.75) is 6.54 Å². The van der Waals surface area contributed by atoms with E-state index in [0.29, 0.717) is 10.8 Å². The number of nitrogens with zero attached hydrogens (tertiary/aromatic N) is 1. The second kappa shape index (κ2) is 5.47. The minimum atomic E-state index is -0.539. The first kappa shape index (κ1) is 11.6. The Hall–Kier alpha value is -1.85. The van der Waals surface area contributed by atoms with Crippen molar-refractivity contribution < 1.29 is 10.0 Å². The number of anilines is 1. The van der Waals surface area contributed by atoms with E-state index in [2.05, 4.69) is 5.32 Å². The standard InChI is InChI=1S/C12H12N2O2S/c15-12(13-11-4-2-1-3-5-11)14(16)8-10-6-7-17-9-10/h1-7,9,16H,8H2,(H,13,15). The molecule has 2 aromatic rings. The van der Waals surface area contributed by atoms with Crippen molar-refractivity contribution in [3.8, 4) is 0 Å². The minimum Gasteiger partial charge on any atom is -0.306 e. The van der Waals surface area contributed by atoms with Crippen molar-refractivity contribution in [2.75, 3.05) is 5.32 Å². The lowest BCUT2D eigenvalue weighted by atomic mass is 10.3. The van der Waals surface area contributed by atoms with Gasteiger partial charge < -0.3 is 5.32 Å². The van der Waals surface area contributed by atoms with E-state index in [1.165, 1.54) is 11.3 Å². The van der Waals surface area contributed by atoms with Crippen LogP contribution in [0, 0.1) is 0 Å². The first-order chi connectivity index (χ1) is 8.25. The highest BCUT2D eigenvalue weighted by Gasteiger charge is 2.11. The molecule has 2 amide bonds. The summed E-state index contributed by atoms with van der Waals surface area (Å²) >= 11 is 1.53. The van der Waals surface area contributed by atoms with Crippen molar-refractivity contribution in [1.82, 2.24) is 5.06 Å². The number of hydrogen-bond acceptors (Lipinski definition) is 3. The number of para-hydroxylation sites is 1. The van der Waals surface area contributed by atoms with Crippen molar-refractivity contribution in [3.05, 3.63) is 52.7 Å². The van der Waals surface area contributed by atoms with Crippen LogP contribution in [0.2, 0.25) is 0 Å². The van der Waals surface area contributed by atoms with Gasteiger partial charge in [-0.15, -0.1) is 0 Å². The van der Waals surface area contributed by atoms with E-state index < -0.39 is 6.03 Å². The number of thiophene rings is 1. The Morgan fingerprint density at radius 2 is 2.06 bits per heavy atom. The Labute approximate surface area is 103 Å². The quantitative estimate of drug-likeness (QED) is 0.647. The van der Waals surface area contributed by atoms with Gasteiger partial charge in [0, 0.05) is 5.69 Å². The maximum atomic E-state index is 11.6. The zero-order valence-corrected chi connectivity index (χ0v) is 9.85. The van der Waals surface area contributed by atoms with E-state index in [0.717, 1.165) is 5.56 Å². The molecule has 1 aromatic heterocycles. The number of carbonyl (C=O) groups is 1. The summed E-state index contributed by atoms with van der Waals surface area (Å²) in [5, 5.41) is 16.6. The van der Waals surface area contributed by atoms with Gasteiger partial charge in [0.25, 0.3) is 0 Å². The van der Waals surface area contributed by atoms with Crippen LogP contribution in [-0.4, -0.2) is 16.3 Å². The van der Waals surface area contributed by atoms with Gasteiger partial charge in [-0.25, -0.2) is 9.86 Å². The molecular formula is C12H12N2O2S. The Balaban J connectivity index is 1.92. The van der Waals surface area contributed by atoms with Crippen LogP contribution >= 0.6 is 11.3 Å². The normalized spacial score (nSPS) is 9.94. The van der Waals surface area contributed by atoms with Gasteiger partial charge in [-0.3, -0.25) is 5.21 Å². The number of hydrogen-bond donors (Lipinski definition) is 2. The van der Waals surface area contributed by atoms with E-state index in [9.17, 15) is 10.0 Å². The molecule has 0 bridgehead atoms. The number of benzene rings is 1. The highest BCUT2D eigenvalue weighted by molar-refractivity contribution is 7.07. The van der Waals surface area contributed by atoms with Crippen LogP contribution in [-0.2, 0) is 6.54 Å². The number of rotatable bonds is 3. The van der Waals surface area contributed by atoms with E-state index >= 15 is 0 Å². The fourth-order valence-corrected chi connectivity index (χ4v) is 2.00. The fourth-order valence-electron chi connectivity index (χ4n) is 1.34. The number of carbonyl (C=O) groups excluding carboxylic acids is 1. The lowest BCUT2D eigenvalue weighted by Crippen LogP contribution is -2.31. The maximum Gasteiger partial charge on any atom is 0.345 e. The van der Waals surface area contributed by atoms with Gasteiger partial charge in [0.1, 0.15) is 0 Å². The van der Waals surface area contributed by atoms with Gasteiger partial charge >= 0.3 is 6.03 Å². The van der Waals surface area contributed by atoms with Gasteiger partial charge in [-0.2, -0.15) is 11.3 Å². The maximum absolute atomic E-state index is 11.6. The predicted molar refractivity (Wildman–Crippen MR) is 67.1 cm³/mol. The van der Waals surface area contributed by atoms with Crippen LogP contribution in [0.15, 0.2) is 47.2 Å². The van der Waals surface area contributed by atoms with Crippen molar-refractivity contribution in [1.29, 1.82) is 0 Å². The molecule has 5 heteroatoms. The molecule has 0 saturated carbocycles. The molecule has 2 N–H and O–H groups in total. The highest BCUT2D eigenvalue weighted by atomic mass is 32.1. The average Bonchev–Trinajstić information content (AvgIpc) is 2.83. The molecule has 2 rings (SSSR count). The molecule has 0 unspecified atom stereocenters. The second-order valence-electron chi connectivity index (χ2n) is 3.49. The molecule has 1 aromatic carbocycles. The third kappa shape index (κ3) is 3.30. The summed E-state index contributed by atoms with van der Waals surface area (Å²) in [6, 6.07) is 10.3. The Morgan fingerprint density at radius 3 is 2.71 bits per heavy atom. The van der Waals surface area contributed by atoms with Crippen molar-refractivity contribution in [2.24, 2.45) is 0 Å². The van der Waals surface area contributed by atoms with E-state index in [4.69, 9.17) is 0 Å². The van der Waals surface area contributed by atoms with Gasteiger partial charge in [-0.1, -0.05) is 18.2 Å². The van der Waals surface area contributed by atoms with Crippen LogP contribution < -0.4 is 5.32 Å². The average molecular weight is 248 g/mol. The van der Waals surface area contributed by atoms with Crippen LogP contribution in [0.5, 0.6) is 0 Å². The lowest BCUT2D eigenvalue weighted by molar-refractivity contribution is -0.0448. The van der Waals surface area contributed by atoms with E-state index in [-0.39, 0.29) is 6.54 Å². The third-order valence-corrected chi connectivity index (χ3v) is 2.90. The van der Waals surface area contributed by atoms with Gasteiger partial charge in [0.2, 0.25) is 0 Å². The van der Waals surface area contributed by atoms with Crippen LogP contribution in [0.3, 0.4) is 0 Å². The fraction of sp³-hybridized carbons (Fsp3) is 0.0833. The van der Waals surface area contributed by atoms with E-state index in [1.54, 1.807) is 12.1 Å². The Morgan fingerprint density at radius 1 is 1.29 bits per heavy atom. The summed E-state index contributed by atoms with van der Waals surface area (Å²) in [6.45, 7) is 0.183. The molecule has 0 saturated heterocycles. The summed E-state index contributed by atoms with van der Waals surface area (Å²) in [7, 11) is 0. The summed E-state index contributed by atoms with van der Waals surface area (Å²) in [4.78, 5) is 11.6. The largest absolute Gasteiger partial charge is 0.345 e. The summed E-state index contributed by atoms with van der Waals surface area (Å²) < 4.78 is 0. The zero-order valence-electron chi connectivity index (χ0n) is 9.04. The Bertz CT molecular complexity index is 471. The zero-order chi connectivity index (χ0) is 12.1. The second-order valence-corrected chi connectivity index (χ2v) is 4.27. The molecule has 0 radical (unpaired) electrons. The van der Waals surface area contributed by atoms with Gasteiger partial charge in [0.05, 0.1) is 6.54 Å². The van der Waals surface area contributed by atoms with Crippen LogP contribution in [0.4, 0.5) is 10.5 Å². The number of nitrogens with one attached hydrogen (secondary N) is 1. The molecule has 0 spiro atoms. The van der Waals surface area contributed by atoms with Crippen LogP contribution in [0.1, 0.15) is 5.56 Å². The molecule has 4 nitrogen and oxygen atoms in total. The molecule has 0 fully saturated rings. The van der Waals surface area contributed by atoms with Crippen molar-refractivity contribution in [3.63, 3.8) is 0 Å². The molecule has 0 atom stereocenters. The van der Waals surface area contributed by atoms with Gasteiger partial charge in [-0.05, 0) is 34.5 Å². The summed E-state index contributed by atoms with van der Waals surface area (Å²) in [6.07, 6.45) is 0. The molecule has 17 heavy (non-hydrogen) atoms. The predicted octanol–water partition coefficient (Wildman–Crippen LogP) is 3.17. The molecule has 88 valence electrons. The monoisotopic (exact) mass is 248 g/mol. The van der Waals surface area contributed by atoms with Gasteiger partial charge in [0.15, 0.2) is 0 Å². The number of hydroxylamine groups is 2. The van der Waals surface area contributed by atoms with Crippen LogP contribution in [0.25, 0.3) is 0 Å². The minimum absolute atomic E-state index is 0.183. The summed E-state index contributed by atoms with van der Waals surface area (Å²) in [5.74, 6) is 0. The summed E-state index contributed by atoms with van der Waals surface area (Å²) in [5.41, 5.74) is 1.56. The number of amides is 2. The van der Waals surface area contributed by atoms with E-state index in [1.807, 2.05) is 35.0 Å². The molecule has 0 aliphatic carbocycles. The SMILES string of the molecule is O=C(Nc1ccccc1)N(O)Cc1ccsc1. The first-order valence-corrected chi connectivity index (χ1v) is 6.03.